The number of rotatable bonds is 9. The van der Waals surface area contributed by atoms with Crippen molar-refractivity contribution in [3.63, 3.8) is 0 Å². The summed E-state index contributed by atoms with van der Waals surface area (Å²) in [6.07, 6.45) is 3.78. The molecule has 1 aromatic carbocycles. The summed E-state index contributed by atoms with van der Waals surface area (Å²) in [6, 6.07) is 11.0. The van der Waals surface area contributed by atoms with E-state index in [9.17, 15) is 4.79 Å². The smallest absolute Gasteiger partial charge is 0.270 e. The van der Waals surface area contributed by atoms with Crippen molar-refractivity contribution in [3.8, 4) is 11.5 Å². The predicted molar refractivity (Wildman–Crippen MR) is 103 cm³/mol. The summed E-state index contributed by atoms with van der Waals surface area (Å²) in [5.41, 5.74) is 1.21. The molecule has 0 saturated carbocycles. The van der Waals surface area contributed by atoms with Crippen LogP contribution in [0.15, 0.2) is 42.6 Å². The molecule has 27 heavy (non-hydrogen) atoms. The molecule has 1 aliphatic rings. The highest BCUT2D eigenvalue weighted by Gasteiger charge is 2.17. The number of benzene rings is 1. The number of anilines is 1. The van der Waals surface area contributed by atoms with Gasteiger partial charge in [0.15, 0.2) is 0 Å². The monoisotopic (exact) mass is 371 g/mol. The van der Waals surface area contributed by atoms with Gasteiger partial charge in [0, 0.05) is 31.6 Å². The zero-order chi connectivity index (χ0) is 18.9. The number of ether oxygens (including phenoxy) is 3. The number of aromatic nitrogens is 1. The van der Waals surface area contributed by atoms with Gasteiger partial charge in [-0.3, -0.25) is 9.78 Å². The molecular formula is C20H25N3O4. The van der Waals surface area contributed by atoms with Crippen LogP contribution in [0.5, 0.6) is 11.5 Å². The molecule has 2 aromatic rings. The van der Waals surface area contributed by atoms with Crippen molar-refractivity contribution in [3.05, 3.63) is 48.3 Å². The van der Waals surface area contributed by atoms with Crippen molar-refractivity contribution in [2.45, 2.75) is 18.9 Å². The zero-order valence-electron chi connectivity index (χ0n) is 15.4. The van der Waals surface area contributed by atoms with Gasteiger partial charge >= 0.3 is 0 Å². The van der Waals surface area contributed by atoms with Gasteiger partial charge in [0.25, 0.3) is 5.91 Å². The Morgan fingerprint density at radius 1 is 1.26 bits per heavy atom. The quantitative estimate of drug-likeness (QED) is 0.659. The molecular weight excluding hydrogens is 346 g/mol. The van der Waals surface area contributed by atoms with Gasteiger partial charge in [-0.1, -0.05) is 0 Å². The molecule has 1 saturated heterocycles. The fourth-order valence-electron chi connectivity index (χ4n) is 2.80. The van der Waals surface area contributed by atoms with Gasteiger partial charge in [-0.05, 0) is 49.2 Å². The third-order valence-corrected chi connectivity index (χ3v) is 4.27. The number of pyridine rings is 1. The van der Waals surface area contributed by atoms with Gasteiger partial charge in [0.1, 0.15) is 23.8 Å². The number of amides is 1. The van der Waals surface area contributed by atoms with Gasteiger partial charge in [0.05, 0.1) is 13.2 Å². The number of carbonyl (C=O) groups excluding carboxylic acids is 1. The lowest BCUT2D eigenvalue weighted by Crippen LogP contribution is -2.32. The summed E-state index contributed by atoms with van der Waals surface area (Å²) < 4.78 is 16.3. The number of hydrogen-bond acceptors (Lipinski definition) is 6. The van der Waals surface area contributed by atoms with E-state index in [2.05, 4.69) is 15.6 Å². The molecule has 2 N–H and O–H groups in total. The predicted octanol–water partition coefficient (Wildman–Crippen LogP) is 2.49. The molecule has 7 nitrogen and oxygen atoms in total. The van der Waals surface area contributed by atoms with Crippen LogP contribution < -0.4 is 20.1 Å². The SMILES string of the molecule is COc1ccc(OCCNc2ccnc(C(=O)NCC3CCCO3)c2)cc1. The fraction of sp³-hybridized carbons (Fsp3) is 0.400. The zero-order valence-corrected chi connectivity index (χ0v) is 15.4. The van der Waals surface area contributed by atoms with Gasteiger partial charge < -0.3 is 24.8 Å². The lowest BCUT2D eigenvalue weighted by Gasteiger charge is -2.12. The fourth-order valence-corrected chi connectivity index (χ4v) is 2.80. The average Bonchev–Trinajstić information content (AvgIpc) is 3.24. The maximum absolute atomic E-state index is 12.2. The van der Waals surface area contributed by atoms with Crippen LogP contribution in [0.25, 0.3) is 0 Å². The van der Waals surface area contributed by atoms with E-state index < -0.39 is 0 Å². The molecule has 3 rings (SSSR count). The number of methoxy groups -OCH3 is 1. The molecule has 0 spiro atoms. The first kappa shape index (κ1) is 19.0. The van der Waals surface area contributed by atoms with Crippen LogP contribution in [0.3, 0.4) is 0 Å². The summed E-state index contributed by atoms with van der Waals surface area (Å²) in [4.78, 5) is 16.4. The minimum absolute atomic E-state index is 0.116. The van der Waals surface area contributed by atoms with Gasteiger partial charge in [-0.2, -0.15) is 0 Å². The molecule has 1 atom stereocenters. The topological polar surface area (TPSA) is 81.7 Å². The Hall–Kier alpha value is -2.80. The summed E-state index contributed by atoms with van der Waals surface area (Å²) in [5.74, 6) is 1.38. The molecule has 0 aliphatic carbocycles. The van der Waals surface area contributed by atoms with Gasteiger partial charge in [0.2, 0.25) is 0 Å². The minimum atomic E-state index is -0.191. The van der Waals surface area contributed by atoms with Crippen molar-refractivity contribution in [2.24, 2.45) is 0 Å². The van der Waals surface area contributed by atoms with Crippen molar-refractivity contribution >= 4 is 11.6 Å². The standard InChI is InChI=1S/C20H25N3O4/c1-25-16-4-6-17(7-5-16)27-12-10-21-15-8-9-22-19(13-15)20(24)23-14-18-3-2-11-26-18/h4-9,13,18H,2-3,10-12,14H2,1H3,(H,21,22)(H,23,24). The number of nitrogens with one attached hydrogen (secondary N) is 2. The molecule has 1 unspecified atom stereocenters. The lowest BCUT2D eigenvalue weighted by molar-refractivity contribution is 0.0854. The van der Waals surface area contributed by atoms with Gasteiger partial charge in [-0.15, -0.1) is 0 Å². The Morgan fingerprint density at radius 2 is 2.07 bits per heavy atom. The van der Waals surface area contributed by atoms with Crippen LogP contribution in [0.1, 0.15) is 23.3 Å². The van der Waals surface area contributed by atoms with E-state index in [1.165, 1.54) is 0 Å². The van der Waals surface area contributed by atoms with E-state index in [4.69, 9.17) is 14.2 Å². The summed E-state index contributed by atoms with van der Waals surface area (Å²) in [6.45, 7) is 2.40. The number of carbonyl (C=O) groups is 1. The highest BCUT2D eigenvalue weighted by Crippen LogP contribution is 2.17. The average molecular weight is 371 g/mol. The van der Waals surface area contributed by atoms with Crippen LogP contribution >= 0.6 is 0 Å². The van der Waals surface area contributed by atoms with E-state index >= 15 is 0 Å². The molecule has 0 radical (unpaired) electrons. The highest BCUT2D eigenvalue weighted by atomic mass is 16.5. The molecule has 7 heteroatoms. The molecule has 144 valence electrons. The Balaban J connectivity index is 1.41. The second-order valence-electron chi connectivity index (χ2n) is 6.23. The van der Waals surface area contributed by atoms with Crippen LogP contribution in [0, 0.1) is 0 Å². The summed E-state index contributed by atoms with van der Waals surface area (Å²) >= 11 is 0. The van der Waals surface area contributed by atoms with Crippen LogP contribution in [-0.2, 0) is 4.74 Å². The highest BCUT2D eigenvalue weighted by molar-refractivity contribution is 5.93. The van der Waals surface area contributed by atoms with Crippen molar-refractivity contribution < 1.29 is 19.0 Å². The third kappa shape index (κ3) is 5.86. The second kappa shape index (κ2) is 9.78. The first-order chi connectivity index (χ1) is 13.2. The first-order valence-electron chi connectivity index (χ1n) is 9.11. The number of hydrogen-bond donors (Lipinski definition) is 2. The number of nitrogens with zero attached hydrogens (tertiary/aromatic N) is 1. The lowest BCUT2D eigenvalue weighted by atomic mass is 10.2. The normalized spacial score (nSPS) is 16.0. The molecule has 1 fully saturated rings. The van der Waals surface area contributed by atoms with Crippen molar-refractivity contribution in [2.75, 3.05) is 38.7 Å². The van der Waals surface area contributed by atoms with E-state index in [1.807, 2.05) is 30.3 Å². The maximum Gasteiger partial charge on any atom is 0.270 e. The second-order valence-corrected chi connectivity index (χ2v) is 6.23. The minimum Gasteiger partial charge on any atom is -0.497 e. The van der Waals surface area contributed by atoms with Gasteiger partial charge in [-0.25, -0.2) is 0 Å². The van der Waals surface area contributed by atoms with Crippen LogP contribution in [0.2, 0.25) is 0 Å². The van der Waals surface area contributed by atoms with E-state index in [-0.39, 0.29) is 12.0 Å². The first-order valence-corrected chi connectivity index (χ1v) is 9.11. The molecule has 1 amide bonds. The Bertz CT molecular complexity index is 730. The van der Waals surface area contributed by atoms with Crippen molar-refractivity contribution in [1.29, 1.82) is 0 Å². The molecule has 0 bridgehead atoms. The Morgan fingerprint density at radius 3 is 2.81 bits per heavy atom. The molecule has 2 heterocycles. The van der Waals surface area contributed by atoms with Crippen LogP contribution in [-0.4, -0.2) is 50.4 Å². The Kier molecular flexibility index (Phi) is 6.87. The third-order valence-electron chi connectivity index (χ3n) is 4.27. The largest absolute Gasteiger partial charge is 0.497 e. The van der Waals surface area contributed by atoms with E-state index in [0.29, 0.717) is 25.4 Å². The summed E-state index contributed by atoms with van der Waals surface area (Å²) in [7, 11) is 1.63. The Labute approximate surface area is 159 Å². The maximum atomic E-state index is 12.2. The molecule has 1 aliphatic heterocycles. The van der Waals surface area contributed by atoms with Crippen molar-refractivity contribution in [1.82, 2.24) is 10.3 Å². The van der Waals surface area contributed by atoms with Crippen LogP contribution in [0.4, 0.5) is 5.69 Å². The van der Waals surface area contributed by atoms with E-state index in [0.717, 1.165) is 36.6 Å². The molecule has 1 aromatic heterocycles. The summed E-state index contributed by atoms with van der Waals surface area (Å²) in [5, 5.41) is 6.11. The van der Waals surface area contributed by atoms with E-state index in [1.54, 1.807) is 19.4 Å².